The highest BCUT2D eigenvalue weighted by atomic mass is 35.5. The van der Waals surface area contributed by atoms with Gasteiger partial charge in [0.25, 0.3) is 5.91 Å². The molecular weight excluding hydrogens is 473 g/mol. The molecule has 0 aliphatic carbocycles. The van der Waals surface area contributed by atoms with Gasteiger partial charge in [0.15, 0.2) is 0 Å². The van der Waals surface area contributed by atoms with Gasteiger partial charge in [-0.05, 0) is 54.6 Å². The topological polar surface area (TPSA) is 79.8 Å². The lowest BCUT2D eigenvalue weighted by Gasteiger charge is -2.34. The third-order valence-corrected chi connectivity index (χ3v) is 7.62. The molecule has 7 nitrogen and oxygen atoms in total. The molecule has 0 saturated carbocycles. The number of benzene rings is 2. The Kier molecular flexibility index (Phi) is 6.66. The van der Waals surface area contributed by atoms with Gasteiger partial charge in [0.05, 0.1) is 11.2 Å². The molecule has 1 aromatic heterocycles. The predicted molar refractivity (Wildman–Crippen MR) is 122 cm³/mol. The van der Waals surface area contributed by atoms with Gasteiger partial charge in [0.1, 0.15) is 16.4 Å². The zero-order chi connectivity index (χ0) is 22.7. The van der Waals surface area contributed by atoms with Gasteiger partial charge in [-0.1, -0.05) is 23.2 Å². The first-order valence-electron chi connectivity index (χ1n) is 9.77. The van der Waals surface area contributed by atoms with E-state index in [9.17, 15) is 13.2 Å². The molecule has 10 heteroatoms. The van der Waals surface area contributed by atoms with Gasteiger partial charge in [0.2, 0.25) is 10.0 Å². The molecule has 1 aliphatic heterocycles. The van der Waals surface area contributed by atoms with E-state index in [0.717, 1.165) is 0 Å². The molecule has 1 amide bonds. The van der Waals surface area contributed by atoms with Gasteiger partial charge in [-0.2, -0.15) is 4.31 Å². The molecular formula is C22H19Cl2N3O4S. The van der Waals surface area contributed by atoms with E-state index in [1.165, 1.54) is 22.5 Å². The number of sulfonamides is 1. The first-order valence-corrected chi connectivity index (χ1v) is 12.0. The number of carbonyl (C=O) groups is 1. The van der Waals surface area contributed by atoms with Crippen LogP contribution in [0, 0.1) is 0 Å². The molecule has 0 unspecified atom stereocenters. The number of carbonyl (C=O) groups excluding carboxylic acids is 1. The fourth-order valence-corrected chi connectivity index (χ4v) is 5.50. The van der Waals surface area contributed by atoms with Crippen molar-refractivity contribution < 1.29 is 17.9 Å². The SMILES string of the molecule is O=C(c1ccc(Oc2cccnc2)cc1)N1CCN(S(=O)(=O)c2cc(Cl)ccc2Cl)CC1. The molecule has 1 aliphatic rings. The van der Waals surface area contributed by atoms with Crippen molar-refractivity contribution in [2.75, 3.05) is 26.2 Å². The summed E-state index contributed by atoms with van der Waals surface area (Å²) in [4.78, 5) is 18.5. The van der Waals surface area contributed by atoms with Crippen molar-refractivity contribution in [3.05, 3.63) is 82.6 Å². The van der Waals surface area contributed by atoms with Crippen molar-refractivity contribution in [1.29, 1.82) is 0 Å². The zero-order valence-electron chi connectivity index (χ0n) is 16.8. The normalized spacial score (nSPS) is 14.9. The lowest BCUT2D eigenvalue weighted by molar-refractivity contribution is 0.0698. The molecule has 0 spiro atoms. The maximum Gasteiger partial charge on any atom is 0.253 e. The number of hydrogen-bond acceptors (Lipinski definition) is 5. The van der Waals surface area contributed by atoms with Crippen LogP contribution in [0.25, 0.3) is 0 Å². The van der Waals surface area contributed by atoms with Crippen LogP contribution in [0.2, 0.25) is 10.0 Å². The van der Waals surface area contributed by atoms with Crippen LogP contribution < -0.4 is 4.74 Å². The van der Waals surface area contributed by atoms with E-state index in [2.05, 4.69) is 4.98 Å². The van der Waals surface area contributed by atoms with Crippen molar-refractivity contribution in [2.45, 2.75) is 4.90 Å². The molecule has 32 heavy (non-hydrogen) atoms. The second kappa shape index (κ2) is 9.46. The Morgan fingerprint density at radius 1 is 0.938 bits per heavy atom. The Balaban J connectivity index is 1.39. The number of nitrogens with zero attached hydrogens (tertiary/aromatic N) is 3. The summed E-state index contributed by atoms with van der Waals surface area (Å²) in [6.45, 7) is 0.868. The Bertz CT molecular complexity index is 1210. The standard InChI is InChI=1S/C22H19Cl2N3O4S/c23-17-5-8-20(24)21(14-17)32(29,30)27-12-10-26(11-13-27)22(28)16-3-6-18(7-4-16)31-19-2-1-9-25-15-19/h1-9,14-15H,10-13H2. The molecule has 1 fully saturated rings. The summed E-state index contributed by atoms with van der Waals surface area (Å²) in [6, 6.07) is 14.7. The molecule has 3 aromatic rings. The van der Waals surface area contributed by atoms with E-state index < -0.39 is 10.0 Å². The van der Waals surface area contributed by atoms with E-state index in [0.29, 0.717) is 17.1 Å². The van der Waals surface area contributed by atoms with Crippen LogP contribution in [0.1, 0.15) is 10.4 Å². The zero-order valence-corrected chi connectivity index (χ0v) is 19.1. The molecule has 0 atom stereocenters. The maximum atomic E-state index is 13.0. The summed E-state index contributed by atoms with van der Waals surface area (Å²) < 4.78 is 32.9. The largest absolute Gasteiger partial charge is 0.456 e. The third-order valence-electron chi connectivity index (χ3n) is 5.01. The highest BCUT2D eigenvalue weighted by Crippen LogP contribution is 2.28. The van der Waals surface area contributed by atoms with Crippen LogP contribution in [0.5, 0.6) is 11.5 Å². The molecule has 4 rings (SSSR count). The van der Waals surface area contributed by atoms with Crippen LogP contribution in [-0.2, 0) is 10.0 Å². The van der Waals surface area contributed by atoms with Crippen molar-refractivity contribution in [2.24, 2.45) is 0 Å². The number of aromatic nitrogens is 1. The molecule has 166 valence electrons. The number of rotatable bonds is 5. The summed E-state index contributed by atoms with van der Waals surface area (Å²) >= 11 is 12.0. The average Bonchev–Trinajstić information content (AvgIpc) is 2.81. The molecule has 0 N–H and O–H groups in total. The van der Waals surface area contributed by atoms with Gasteiger partial charge in [-0.3, -0.25) is 9.78 Å². The van der Waals surface area contributed by atoms with Crippen molar-refractivity contribution in [3.63, 3.8) is 0 Å². The van der Waals surface area contributed by atoms with E-state index in [1.54, 1.807) is 53.7 Å². The molecule has 0 radical (unpaired) electrons. The molecule has 1 saturated heterocycles. The number of halogens is 2. The monoisotopic (exact) mass is 491 g/mol. The molecule has 2 heterocycles. The minimum Gasteiger partial charge on any atom is -0.456 e. The second-order valence-electron chi connectivity index (χ2n) is 7.09. The quantitative estimate of drug-likeness (QED) is 0.530. The van der Waals surface area contributed by atoms with E-state index in [4.69, 9.17) is 27.9 Å². The first-order chi connectivity index (χ1) is 15.3. The second-order valence-corrected chi connectivity index (χ2v) is 9.84. The number of hydrogen-bond donors (Lipinski definition) is 0. The number of pyridine rings is 1. The van der Waals surface area contributed by atoms with Crippen LogP contribution in [0.4, 0.5) is 0 Å². The summed E-state index contributed by atoms with van der Waals surface area (Å²) in [5.74, 6) is 1.02. The van der Waals surface area contributed by atoms with E-state index in [-0.39, 0.29) is 47.0 Å². The number of amides is 1. The summed E-state index contributed by atoms with van der Waals surface area (Å²) in [6.07, 6.45) is 3.26. The Hall–Kier alpha value is -2.65. The summed E-state index contributed by atoms with van der Waals surface area (Å²) in [5, 5.41) is 0.402. The maximum absolute atomic E-state index is 13.0. The smallest absolute Gasteiger partial charge is 0.253 e. The Morgan fingerprint density at radius 2 is 1.66 bits per heavy atom. The van der Waals surface area contributed by atoms with Gasteiger partial charge in [-0.25, -0.2) is 8.42 Å². The molecule has 2 aromatic carbocycles. The van der Waals surface area contributed by atoms with E-state index in [1.807, 2.05) is 0 Å². The van der Waals surface area contributed by atoms with Crippen molar-refractivity contribution in [3.8, 4) is 11.5 Å². The van der Waals surface area contributed by atoms with Crippen LogP contribution >= 0.6 is 23.2 Å². The van der Waals surface area contributed by atoms with Crippen LogP contribution in [0.3, 0.4) is 0 Å². The fourth-order valence-electron chi connectivity index (χ4n) is 3.34. The third kappa shape index (κ3) is 4.88. The van der Waals surface area contributed by atoms with Crippen molar-refractivity contribution >= 4 is 39.1 Å². The summed E-state index contributed by atoms with van der Waals surface area (Å²) in [7, 11) is -3.81. The lowest BCUT2D eigenvalue weighted by Crippen LogP contribution is -2.50. The van der Waals surface area contributed by atoms with Crippen LogP contribution in [-0.4, -0.2) is 54.7 Å². The van der Waals surface area contributed by atoms with Gasteiger partial charge < -0.3 is 9.64 Å². The minimum absolute atomic E-state index is 0.0318. The number of ether oxygens (including phenoxy) is 1. The van der Waals surface area contributed by atoms with Gasteiger partial charge >= 0.3 is 0 Å². The van der Waals surface area contributed by atoms with Crippen molar-refractivity contribution in [1.82, 2.24) is 14.2 Å². The highest BCUT2D eigenvalue weighted by Gasteiger charge is 2.32. The minimum atomic E-state index is -3.81. The van der Waals surface area contributed by atoms with Gasteiger partial charge in [0, 0.05) is 43.0 Å². The predicted octanol–water partition coefficient (Wildman–Crippen LogP) is 4.33. The Labute approximate surface area is 196 Å². The van der Waals surface area contributed by atoms with E-state index >= 15 is 0 Å². The summed E-state index contributed by atoms with van der Waals surface area (Å²) in [5.41, 5.74) is 0.498. The fraction of sp³-hybridized carbons (Fsp3) is 0.182. The van der Waals surface area contributed by atoms with Crippen LogP contribution in [0.15, 0.2) is 71.9 Å². The Morgan fingerprint density at radius 3 is 2.31 bits per heavy atom. The number of piperazine rings is 1. The lowest BCUT2D eigenvalue weighted by atomic mass is 10.2. The van der Waals surface area contributed by atoms with Gasteiger partial charge in [-0.15, -0.1) is 0 Å². The average molecular weight is 492 g/mol. The molecule has 0 bridgehead atoms. The first kappa shape index (κ1) is 22.5. The highest BCUT2D eigenvalue weighted by molar-refractivity contribution is 7.89.